The van der Waals surface area contributed by atoms with Crippen LogP contribution in [0.5, 0.6) is 5.75 Å². The van der Waals surface area contributed by atoms with Gasteiger partial charge in [-0.25, -0.2) is 18.4 Å². The summed E-state index contributed by atoms with van der Waals surface area (Å²) in [5.74, 6) is -5.08. The van der Waals surface area contributed by atoms with Crippen LogP contribution in [-0.2, 0) is 19.6 Å². The number of phenolic OH excluding ortho intramolecular Hbond substituents is 1. The number of aromatic hydroxyl groups is 1. The summed E-state index contributed by atoms with van der Waals surface area (Å²) in [7, 11) is 3.27. The molecule has 0 unspecified atom stereocenters. The van der Waals surface area contributed by atoms with Gasteiger partial charge in [0.1, 0.15) is 5.69 Å². The molecule has 0 radical (unpaired) electrons. The van der Waals surface area contributed by atoms with Crippen LogP contribution in [0.3, 0.4) is 0 Å². The molecule has 2 aromatic carbocycles. The molecule has 0 atom stereocenters. The van der Waals surface area contributed by atoms with E-state index in [1.807, 2.05) is 18.4 Å². The van der Waals surface area contributed by atoms with Crippen molar-refractivity contribution in [2.24, 2.45) is 7.05 Å². The Labute approximate surface area is 212 Å². The van der Waals surface area contributed by atoms with Crippen LogP contribution in [0.4, 0.5) is 39.3 Å². The number of benzene rings is 2. The summed E-state index contributed by atoms with van der Waals surface area (Å²) < 4.78 is 72.0. The maximum absolute atomic E-state index is 14.7. The molecule has 0 spiro atoms. The summed E-state index contributed by atoms with van der Waals surface area (Å²) in [5, 5.41) is 14.0. The molecule has 0 saturated heterocycles. The fourth-order valence-corrected chi connectivity index (χ4v) is 5.14. The number of rotatable bonds is 4. The van der Waals surface area contributed by atoms with E-state index in [4.69, 9.17) is 0 Å². The van der Waals surface area contributed by atoms with Crippen molar-refractivity contribution in [2.45, 2.75) is 19.0 Å². The van der Waals surface area contributed by atoms with Gasteiger partial charge in [-0.3, -0.25) is 0 Å². The van der Waals surface area contributed by atoms with Gasteiger partial charge in [-0.15, -0.1) is 0 Å². The van der Waals surface area contributed by atoms with E-state index in [9.17, 15) is 27.1 Å². The molecule has 194 valence electrons. The lowest BCUT2D eigenvalue weighted by molar-refractivity contribution is -0.140. The van der Waals surface area contributed by atoms with Crippen LogP contribution in [0.25, 0.3) is 22.3 Å². The van der Waals surface area contributed by atoms with E-state index in [0.29, 0.717) is 0 Å². The molecule has 7 nitrogen and oxygen atoms in total. The molecule has 0 saturated carbocycles. The van der Waals surface area contributed by atoms with Gasteiger partial charge >= 0.3 is 6.18 Å². The Balaban J connectivity index is 1.57. The molecule has 1 aliphatic rings. The Morgan fingerprint density at radius 1 is 1.14 bits per heavy atom. The van der Waals surface area contributed by atoms with E-state index in [0.717, 1.165) is 30.8 Å². The van der Waals surface area contributed by atoms with E-state index in [1.54, 1.807) is 23.9 Å². The second-order valence-electron chi connectivity index (χ2n) is 8.59. The fourth-order valence-electron chi connectivity index (χ4n) is 4.45. The first-order valence-corrected chi connectivity index (χ1v) is 12.4. The van der Waals surface area contributed by atoms with Gasteiger partial charge in [-0.05, 0) is 42.7 Å². The van der Waals surface area contributed by atoms with Gasteiger partial charge in [0, 0.05) is 44.3 Å². The standard InChI is InChI=1S/C24H21F5N6OS/c1-33(13-6-7-17-12(9-13)5-4-8-35(17)37-3)23-30-11-15-20(32-34(2)22(15)31-23)14-10-16(24(27,28)29)19(26)21(36)18(14)25/h6-7,9-11,36H,4-5,8H2,1-3H3. The highest BCUT2D eigenvalue weighted by Gasteiger charge is 2.38. The number of fused-ring (bicyclic) bond motifs is 2. The van der Waals surface area contributed by atoms with Gasteiger partial charge in [0.15, 0.2) is 23.0 Å². The molecule has 2 aromatic heterocycles. The van der Waals surface area contributed by atoms with Crippen molar-refractivity contribution in [2.75, 3.05) is 29.1 Å². The van der Waals surface area contributed by atoms with E-state index >= 15 is 0 Å². The summed E-state index contributed by atoms with van der Waals surface area (Å²) in [6.45, 7) is 0.975. The quantitative estimate of drug-likeness (QED) is 0.260. The number of hydrogen-bond donors (Lipinski definition) is 1. The van der Waals surface area contributed by atoms with Crippen LogP contribution in [0.1, 0.15) is 17.5 Å². The highest BCUT2D eigenvalue weighted by molar-refractivity contribution is 7.99. The van der Waals surface area contributed by atoms with Crippen LogP contribution < -0.4 is 9.21 Å². The van der Waals surface area contributed by atoms with Crippen molar-refractivity contribution in [3.05, 3.63) is 53.2 Å². The summed E-state index contributed by atoms with van der Waals surface area (Å²) in [4.78, 5) is 10.6. The number of hydrogen-bond acceptors (Lipinski definition) is 7. The van der Waals surface area contributed by atoms with E-state index < -0.39 is 34.7 Å². The van der Waals surface area contributed by atoms with Crippen molar-refractivity contribution < 1.29 is 27.1 Å². The molecular formula is C24H21F5N6OS. The minimum absolute atomic E-state index is 0.138. The molecule has 0 fully saturated rings. The molecule has 4 aromatic rings. The van der Waals surface area contributed by atoms with Crippen LogP contribution in [-0.4, -0.2) is 44.7 Å². The molecule has 0 aliphatic carbocycles. The Morgan fingerprint density at radius 2 is 1.89 bits per heavy atom. The number of phenols is 1. The zero-order chi connectivity index (χ0) is 26.6. The maximum atomic E-state index is 14.7. The first kappa shape index (κ1) is 25.1. The maximum Gasteiger partial charge on any atom is 0.419 e. The van der Waals surface area contributed by atoms with Crippen LogP contribution >= 0.6 is 11.9 Å². The van der Waals surface area contributed by atoms with Gasteiger partial charge in [-0.2, -0.15) is 23.3 Å². The molecule has 0 amide bonds. The summed E-state index contributed by atoms with van der Waals surface area (Å²) in [6.07, 6.45) is 0.172. The lowest BCUT2D eigenvalue weighted by Gasteiger charge is -2.30. The molecule has 5 rings (SSSR count). The van der Waals surface area contributed by atoms with Crippen molar-refractivity contribution >= 4 is 40.3 Å². The number of aromatic nitrogens is 4. The van der Waals surface area contributed by atoms with Gasteiger partial charge < -0.3 is 14.3 Å². The second kappa shape index (κ2) is 9.05. The summed E-state index contributed by atoms with van der Waals surface area (Å²) >= 11 is 1.67. The molecule has 0 bridgehead atoms. The SMILES string of the molecule is CSN1CCCc2cc(N(C)c3ncc4c(-c5cc(C(F)(F)F)c(F)c(O)c5F)nn(C)c4n3)ccc21. The predicted octanol–water partition coefficient (Wildman–Crippen LogP) is 5.83. The lowest BCUT2D eigenvalue weighted by atomic mass is 10.0. The Morgan fingerprint density at radius 3 is 2.59 bits per heavy atom. The van der Waals surface area contributed by atoms with Crippen LogP contribution in [0.2, 0.25) is 0 Å². The Bertz CT molecular complexity index is 1520. The van der Waals surface area contributed by atoms with E-state index in [-0.39, 0.29) is 28.7 Å². The lowest BCUT2D eigenvalue weighted by Crippen LogP contribution is -2.22. The largest absolute Gasteiger partial charge is 0.503 e. The predicted molar refractivity (Wildman–Crippen MR) is 132 cm³/mol. The minimum Gasteiger partial charge on any atom is -0.503 e. The first-order valence-electron chi connectivity index (χ1n) is 11.2. The third-order valence-electron chi connectivity index (χ3n) is 6.35. The normalized spacial score (nSPS) is 13.8. The monoisotopic (exact) mass is 536 g/mol. The van der Waals surface area contributed by atoms with Gasteiger partial charge in [0.2, 0.25) is 5.95 Å². The topological polar surface area (TPSA) is 70.3 Å². The number of anilines is 3. The van der Waals surface area contributed by atoms with Gasteiger partial charge in [0.25, 0.3) is 0 Å². The highest BCUT2D eigenvalue weighted by Crippen LogP contribution is 2.42. The number of halogens is 5. The summed E-state index contributed by atoms with van der Waals surface area (Å²) in [5.41, 5.74) is 0.644. The average Bonchev–Trinajstić information content (AvgIpc) is 3.20. The van der Waals surface area contributed by atoms with Gasteiger partial charge in [0.05, 0.1) is 16.6 Å². The number of nitrogens with zero attached hydrogens (tertiary/aromatic N) is 6. The van der Waals surface area contributed by atoms with Crippen LogP contribution in [0, 0.1) is 11.6 Å². The van der Waals surface area contributed by atoms with Crippen molar-refractivity contribution in [1.29, 1.82) is 0 Å². The molecule has 37 heavy (non-hydrogen) atoms. The second-order valence-corrected chi connectivity index (χ2v) is 9.39. The van der Waals surface area contributed by atoms with Crippen LogP contribution in [0.15, 0.2) is 30.5 Å². The number of alkyl halides is 3. The Kier molecular flexibility index (Phi) is 6.13. The highest BCUT2D eigenvalue weighted by atomic mass is 32.2. The summed E-state index contributed by atoms with van der Waals surface area (Å²) in [6, 6.07) is 6.34. The van der Waals surface area contributed by atoms with Gasteiger partial charge in [-0.1, -0.05) is 11.9 Å². The van der Waals surface area contributed by atoms with E-state index in [2.05, 4.69) is 25.4 Å². The molecule has 3 heterocycles. The molecule has 1 N–H and O–H groups in total. The third kappa shape index (κ3) is 4.20. The first-order chi connectivity index (χ1) is 17.5. The molecular weight excluding hydrogens is 515 g/mol. The zero-order valence-electron chi connectivity index (χ0n) is 19.9. The van der Waals surface area contributed by atoms with Crippen molar-refractivity contribution in [3.8, 4) is 17.0 Å². The average molecular weight is 537 g/mol. The molecule has 1 aliphatic heterocycles. The third-order valence-corrected chi connectivity index (χ3v) is 7.17. The van der Waals surface area contributed by atoms with Crippen molar-refractivity contribution in [1.82, 2.24) is 19.7 Å². The smallest absolute Gasteiger partial charge is 0.419 e. The zero-order valence-corrected chi connectivity index (χ0v) is 20.8. The fraction of sp³-hybridized carbons (Fsp3) is 0.292. The Hall–Kier alpha value is -3.61. The van der Waals surface area contributed by atoms with Crippen molar-refractivity contribution in [3.63, 3.8) is 0 Å². The minimum atomic E-state index is -5.15. The van der Waals surface area contributed by atoms with E-state index in [1.165, 1.54) is 23.5 Å². The number of aryl methyl sites for hydroxylation is 2. The molecule has 13 heteroatoms.